The van der Waals surface area contributed by atoms with Gasteiger partial charge in [0.2, 0.25) is 0 Å². The Morgan fingerprint density at radius 1 is 0.310 bits per heavy atom. The zero-order valence-electron chi connectivity index (χ0n) is 28.5. The van der Waals surface area contributed by atoms with E-state index in [2.05, 4.69) is 30.6 Å². The van der Waals surface area contributed by atoms with Crippen LogP contribution in [0.1, 0.15) is 225 Å². The fraction of sp³-hybridized carbons (Fsp3) is 0.974. The maximum absolute atomic E-state index is 4.91. The second-order valence-electron chi connectivity index (χ2n) is 13.3. The Labute approximate surface area is 282 Å². The van der Waals surface area contributed by atoms with Gasteiger partial charge in [-0.05, 0) is 18.6 Å². The van der Waals surface area contributed by atoms with Crippen molar-refractivity contribution in [3.05, 3.63) is 0 Å². The van der Waals surface area contributed by atoms with Gasteiger partial charge in [0.15, 0.2) is 0 Å². The minimum absolute atomic E-state index is 0.630. The Kier molecular flexibility index (Phi) is 40.2. The van der Waals surface area contributed by atoms with Crippen molar-refractivity contribution in [3.63, 3.8) is 0 Å². The molecule has 252 valence electrons. The molecule has 0 aromatic rings. The first-order valence-corrected chi connectivity index (χ1v) is 20.8. The largest absolute Gasteiger partial charge is 0.371 e. The van der Waals surface area contributed by atoms with E-state index >= 15 is 0 Å². The van der Waals surface area contributed by atoms with E-state index in [0.717, 1.165) is 12.3 Å². The molecular formula is C38H77NS3. The van der Waals surface area contributed by atoms with Crippen LogP contribution in [0.4, 0.5) is 0 Å². The molecule has 0 unspecified atom stereocenters. The summed E-state index contributed by atoms with van der Waals surface area (Å²) in [6.07, 6.45) is 50.7. The van der Waals surface area contributed by atoms with Crippen molar-refractivity contribution in [1.29, 1.82) is 0 Å². The van der Waals surface area contributed by atoms with E-state index in [1.54, 1.807) is 0 Å². The SMILES string of the molecule is S=C(S)NCCCCCCCCCCCCCCCCCCCCCCCCCCCCCCCCCCCCCS. The highest BCUT2D eigenvalue weighted by atomic mass is 32.1. The molecule has 1 nitrogen and oxygen atoms in total. The summed E-state index contributed by atoms with van der Waals surface area (Å²) >= 11 is 13.3. The molecule has 0 fully saturated rings. The molecule has 4 heteroatoms. The van der Waals surface area contributed by atoms with Crippen LogP contribution in [0, 0.1) is 0 Å². The Morgan fingerprint density at radius 3 is 0.643 bits per heavy atom. The number of unbranched alkanes of at least 4 members (excludes halogenated alkanes) is 34. The van der Waals surface area contributed by atoms with Crippen molar-refractivity contribution in [2.45, 2.75) is 225 Å². The zero-order chi connectivity index (χ0) is 30.4. The van der Waals surface area contributed by atoms with Crippen molar-refractivity contribution < 1.29 is 0 Å². The van der Waals surface area contributed by atoms with Crippen LogP contribution in [0.3, 0.4) is 0 Å². The zero-order valence-corrected chi connectivity index (χ0v) is 31.1. The van der Waals surface area contributed by atoms with Crippen LogP contribution in [-0.2, 0) is 0 Å². The topological polar surface area (TPSA) is 12.0 Å². The van der Waals surface area contributed by atoms with Gasteiger partial charge < -0.3 is 5.32 Å². The van der Waals surface area contributed by atoms with Gasteiger partial charge in [-0.2, -0.15) is 12.6 Å². The molecule has 0 rings (SSSR count). The molecule has 0 aliphatic rings. The minimum atomic E-state index is 0.630. The molecule has 0 saturated carbocycles. The number of hydrogen-bond donors (Lipinski definition) is 3. The maximum Gasteiger partial charge on any atom is 0.130 e. The number of nitrogens with one attached hydrogen (secondary N) is 1. The third kappa shape index (κ3) is 40.6. The van der Waals surface area contributed by atoms with Gasteiger partial charge in [0.25, 0.3) is 0 Å². The summed E-state index contributed by atoms with van der Waals surface area (Å²) in [5.74, 6) is 1.07. The molecule has 0 atom stereocenters. The van der Waals surface area contributed by atoms with E-state index in [1.807, 2.05) is 0 Å². The van der Waals surface area contributed by atoms with Crippen LogP contribution in [0.2, 0.25) is 0 Å². The second-order valence-corrected chi connectivity index (χ2v) is 14.9. The molecule has 0 saturated heterocycles. The summed E-state index contributed by atoms with van der Waals surface area (Å²) in [5, 5.41) is 3.12. The predicted octanol–water partition coefficient (Wildman–Crippen LogP) is 14.4. The van der Waals surface area contributed by atoms with Crippen LogP contribution in [-0.4, -0.2) is 16.6 Å². The van der Waals surface area contributed by atoms with E-state index in [4.69, 9.17) is 12.2 Å². The Bertz CT molecular complexity index is 499. The molecule has 0 amide bonds. The lowest BCUT2D eigenvalue weighted by atomic mass is 10.0. The highest BCUT2D eigenvalue weighted by molar-refractivity contribution is 8.11. The molecule has 1 N–H and O–H groups in total. The van der Waals surface area contributed by atoms with Crippen LogP contribution in [0.25, 0.3) is 0 Å². The fourth-order valence-electron chi connectivity index (χ4n) is 6.27. The molecule has 0 radical (unpaired) electrons. The third-order valence-corrected chi connectivity index (χ3v) is 9.73. The Morgan fingerprint density at radius 2 is 0.476 bits per heavy atom. The lowest BCUT2D eigenvalue weighted by molar-refractivity contribution is 0.511. The highest BCUT2D eigenvalue weighted by Gasteiger charge is 1.98. The van der Waals surface area contributed by atoms with E-state index in [9.17, 15) is 0 Å². The van der Waals surface area contributed by atoms with Crippen molar-refractivity contribution in [2.24, 2.45) is 0 Å². The summed E-state index contributed by atoms with van der Waals surface area (Å²) in [6, 6.07) is 0. The lowest BCUT2D eigenvalue weighted by Gasteiger charge is -2.05. The summed E-state index contributed by atoms with van der Waals surface area (Å²) in [7, 11) is 0. The normalized spacial score (nSPS) is 11.4. The molecule has 0 aliphatic heterocycles. The number of rotatable bonds is 37. The average molecular weight is 644 g/mol. The summed E-state index contributed by atoms with van der Waals surface area (Å²) in [6.45, 7) is 0.987. The molecule has 0 bridgehead atoms. The summed E-state index contributed by atoms with van der Waals surface area (Å²) in [5.41, 5.74) is 0. The van der Waals surface area contributed by atoms with E-state index in [0.29, 0.717) is 4.32 Å². The van der Waals surface area contributed by atoms with Gasteiger partial charge in [-0.3, -0.25) is 0 Å². The van der Waals surface area contributed by atoms with Crippen LogP contribution in [0.5, 0.6) is 0 Å². The molecule has 0 heterocycles. The molecule has 0 aromatic carbocycles. The predicted molar refractivity (Wildman–Crippen MR) is 205 cm³/mol. The molecule has 42 heavy (non-hydrogen) atoms. The molecular weight excluding hydrogens is 567 g/mol. The second kappa shape index (κ2) is 39.6. The van der Waals surface area contributed by atoms with Gasteiger partial charge in [0.05, 0.1) is 0 Å². The minimum Gasteiger partial charge on any atom is -0.371 e. The quantitative estimate of drug-likeness (QED) is 0.0354. The van der Waals surface area contributed by atoms with Gasteiger partial charge in [-0.1, -0.05) is 224 Å². The molecule has 0 spiro atoms. The number of hydrogen-bond acceptors (Lipinski definition) is 2. The van der Waals surface area contributed by atoms with Gasteiger partial charge in [0.1, 0.15) is 4.32 Å². The molecule has 0 aromatic heterocycles. The van der Waals surface area contributed by atoms with Gasteiger partial charge >= 0.3 is 0 Å². The van der Waals surface area contributed by atoms with Gasteiger partial charge in [0, 0.05) is 6.54 Å². The summed E-state index contributed by atoms with van der Waals surface area (Å²) in [4.78, 5) is 0. The lowest BCUT2D eigenvalue weighted by Crippen LogP contribution is -2.17. The first kappa shape index (κ1) is 42.6. The van der Waals surface area contributed by atoms with Crippen LogP contribution >= 0.6 is 37.5 Å². The first-order chi connectivity index (χ1) is 20.8. The first-order valence-electron chi connectivity index (χ1n) is 19.3. The standard InChI is InChI=1S/C38H77NS3/c40-37-35-33-31-29-27-25-23-21-19-17-15-13-11-9-7-5-3-1-2-4-6-8-10-12-14-16-18-20-22-24-26-28-30-32-34-36-39-38(41)42/h40H,1-37H2,(H2,39,41,42). The van der Waals surface area contributed by atoms with Crippen molar-refractivity contribution in [1.82, 2.24) is 5.32 Å². The number of thiol groups is 2. The fourth-order valence-corrected chi connectivity index (χ4v) is 6.70. The van der Waals surface area contributed by atoms with Crippen LogP contribution in [0.15, 0.2) is 0 Å². The van der Waals surface area contributed by atoms with E-state index < -0.39 is 0 Å². The number of thiocarbonyl (C=S) groups is 1. The monoisotopic (exact) mass is 644 g/mol. The third-order valence-electron chi connectivity index (χ3n) is 9.11. The van der Waals surface area contributed by atoms with Gasteiger partial charge in [-0.15, -0.1) is 12.6 Å². The smallest absolute Gasteiger partial charge is 0.130 e. The van der Waals surface area contributed by atoms with Crippen molar-refractivity contribution in [3.8, 4) is 0 Å². The van der Waals surface area contributed by atoms with Gasteiger partial charge in [-0.25, -0.2) is 0 Å². The van der Waals surface area contributed by atoms with E-state index in [1.165, 1.54) is 225 Å². The van der Waals surface area contributed by atoms with Crippen molar-refractivity contribution >= 4 is 41.8 Å². The molecule has 0 aliphatic carbocycles. The summed E-state index contributed by atoms with van der Waals surface area (Å²) < 4.78 is 0.630. The Balaban J connectivity index is 3.03. The Hall–Kier alpha value is 0.590. The maximum atomic E-state index is 4.91. The van der Waals surface area contributed by atoms with Crippen molar-refractivity contribution in [2.75, 3.05) is 12.3 Å². The highest BCUT2D eigenvalue weighted by Crippen LogP contribution is 2.17. The van der Waals surface area contributed by atoms with E-state index in [-0.39, 0.29) is 0 Å². The average Bonchev–Trinajstić information content (AvgIpc) is 2.98. The van der Waals surface area contributed by atoms with Crippen LogP contribution < -0.4 is 5.32 Å².